The summed E-state index contributed by atoms with van der Waals surface area (Å²) in [5, 5.41) is 14.9. The Hall–Kier alpha value is -4.40. The van der Waals surface area contributed by atoms with E-state index in [4.69, 9.17) is 9.84 Å². The SMILES string of the molecule is CCC(=O)N(c1cccnc1)C(Nc1ccc(OCCCC(=O)O)cc1)C(=O)NCCc1ccccc1. The summed E-state index contributed by atoms with van der Waals surface area (Å²) in [5.74, 6) is -0.873. The van der Waals surface area contributed by atoms with Crippen LogP contribution in [0.2, 0.25) is 0 Å². The lowest BCUT2D eigenvalue weighted by Gasteiger charge is -2.32. The summed E-state index contributed by atoms with van der Waals surface area (Å²) in [4.78, 5) is 42.6. The molecule has 194 valence electrons. The van der Waals surface area contributed by atoms with Crippen LogP contribution in [-0.2, 0) is 20.8 Å². The van der Waals surface area contributed by atoms with Crippen LogP contribution in [0.3, 0.4) is 0 Å². The predicted octanol–water partition coefficient (Wildman–Crippen LogP) is 3.87. The highest BCUT2D eigenvalue weighted by atomic mass is 16.5. The molecule has 0 spiro atoms. The number of nitrogens with zero attached hydrogens (tertiary/aromatic N) is 2. The molecule has 3 N–H and O–H groups in total. The van der Waals surface area contributed by atoms with Crippen LogP contribution in [0, 0.1) is 0 Å². The maximum Gasteiger partial charge on any atom is 0.303 e. The maximum atomic E-state index is 13.4. The van der Waals surface area contributed by atoms with Crippen LogP contribution in [0.25, 0.3) is 0 Å². The van der Waals surface area contributed by atoms with Gasteiger partial charge in [-0.15, -0.1) is 0 Å². The van der Waals surface area contributed by atoms with Gasteiger partial charge in [0.1, 0.15) is 5.75 Å². The van der Waals surface area contributed by atoms with E-state index in [1.54, 1.807) is 55.7 Å². The molecule has 1 aromatic heterocycles. The third-order valence-corrected chi connectivity index (χ3v) is 5.52. The fraction of sp³-hybridized carbons (Fsp3) is 0.286. The van der Waals surface area contributed by atoms with Crippen LogP contribution in [-0.4, -0.2) is 47.2 Å². The molecule has 2 aromatic carbocycles. The van der Waals surface area contributed by atoms with Gasteiger partial charge < -0.3 is 20.5 Å². The Balaban J connectivity index is 1.75. The van der Waals surface area contributed by atoms with E-state index in [9.17, 15) is 14.4 Å². The first-order valence-electron chi connectivity index (χ1n) is 12.2. The summed E-state index contributed by atoms with van der Waals surface area (Å²) in [6.45, 7) is 2.43. The van der Waals surface area contributed by atoms with Crippen molar-refractivity contribution in [3.63, 3.8) is 0 Å². The van der Waals surface area contributed by atoms with Gasteiger partial charge in [0.25, 0.3) is 5.91 Å². The van der Waals surface area contributed by atoms with Crippen molar-refractivity contribution in [2.45, 2.75) is 38.8 Å². The predicted molar refractivity (Wildman–Crippen MR) is 141 cm³/mol. The second kappa shape index (κ2) is 14.2. The van der Waals surface area contributed by atoms with Crippen LogP contribution in [0.15, 0.2) is 79.1 Å². The lowest BCUT2D eigenvalue weighted by molar-refractivity contribution is -0.137. The van der Waals surface area contributed by atoms with Gasteiger partial charge in [-0.3, -0.25) is 24.3 Å². The number of amides is 2. The third kappa shape index (κ3) is 8.64. The highest BCUT2D eigenvalue weighted by molar-refractivity contribution is 6.01. The largest absolute Gasteiger partial charge is 0.494 e. The minimum atomic E-state index is -1.02. The van der Waals surface area contributed by atoms with Crippen molar-refractivity contribution in [2.24, 2.45) is 0 Å². The quantitative estimate of drug-likeness (QED) is 0.225. The number of carbonyl (C=O) groups excluding carboxylic acids is 2. The number of anilines is 2. The molecule has 1 atom stereocenters. The summed E-state index contributed by atoms with van der Waals surface area (Å²) >= 11 is 0. The zero-order chi connectivity index (χ0) is 26.5. The van der Waals surface area contributed by atoms with Crippen molar-refractivity contribution in [2.75, 3.05) is 23.4 Å². The average Bonchev–Trinajstić information content (AvgIpc) is 2.92. The number of benzene rings is 2. The van der Waals surface area contributed by atoms with E-state index < -0.39 is 12.1 Å². The molecule has 3 rings (SSSR count). The molecule has 9 heteroatoms. The molecule has 0 aliphatic carbocycles. The van der Waals surface area contributed by atoms with Gasteiger partial charge in [0.05, 0.1) is 18.5 Å². The molecule has 0 aliphatic rings. The molecular weight excluding hydrogens is 472 g/mol. The van der Waals surface area contributed by atoms with Crippen molar-refractivity contribution in [1.82, 2.24) is 10.3 Å². The number of hydrogen-bond donors (Lipinski definition) is 3. The number of carboxylic acids is 1. The summed E-state index contributed by atoms with van der Waals surface area (Å²) in [6, 6.07) is 20.2. The van der Waals surface area contributed by atoms with Crippen molar-refractivity contribution in [3.05, 3.63) is 84.7 Å². The molecule has 9 nitrogen and oxygen atoms in total. The minimum absolute atomic E-state index is 0.0380. The molecule has 0 saturated heterocycles. The first-order chi connectivity index (χ1) is 18.0. The van der Waals surface area contributed by atoms with Crippen molar-refractivity contribution in [1.29, 1.82) is 0 Å². The minimum Gasteiger partial charge on any atom is -0.494 e. The molecule has 0 aliphatic heterocycles. The lowest BCUT2D eigenvalue weighted by atomic mass is 10.1. The monoisotopic (exact) mass is 504 g/mol. The van der Waals surface area contributed by atoms with Gasteiger partial charge in [-0.05, 0) is 54.8 Å². The smallest absolute Gasteiger partial charge is 0.303 e. The summed E-state index contributed by atoms with van der Waals surface area (Å²) in [6.07, 6.45) is 3.43. The van der Waals surface area contributed by atoms with Crippen molar-refractivity contribution in [3.8, 4) is 5.75 Å². The second-order valence-corrected chi connectivity index (χ2v) is 8.27. The van der Waals surface area contributed by atoms with Gasteiger partial charge in [-0.25, -0.2) is 0 Å². The fourth-order valence-electron chi connectivity index (χ4n) is 3.64. The van der Waals surface area contributed by atoms with E-state index in [0.717, 1.165) is 5.56 Å². The van der Waals surface area contributed by atoms with E-state index in [0.29, 0.717) is 36.5 Å². The second-order valence-electron chi connectivity index (χ2n) is 8.27. The molecule has 1 unspecified atom stereocenters. The van der Waals surface area contributed by atoms with Gasteiger partial charge in [-0.2, -0.15) is 0 Å². The van der Waals surface area contributed by atoms with E-state index in [1.165, 1.54) is 4.90 Å². The number of aliphatic carboxylic acids is 1. The standard InChI is InChI=1S/C28H32N4O5/c1-2-25(33)32(23-10-6-17-29-20-23)27(28(36)30-18-16-21-8-4-3-5-9-21)31-22-12-14-24(15-13-22)37-19-7-11-26(34)35/h3-6,8-10,12-15,17,20,27,31H,2,7,11,16,18-19H2,1H3,(H,30,36)(H,34,35). The topological polar surface area (TPSA) is 121 Å². The Morgan fingerprint density at radius 3 is 2.43 bits per heavy atom. The van der Waals surface area contributed by atoms with Crippen LogP contribution in [0.1, 0.15) is 31.7 Å². The first kappa shape index (κ1) is 27.2. The van der Waals surface area contributed by atoms with Crippen LogP contribution >= 0.6 is 0 Å². The first-order valence-corrected chi connectivity index (χ1v) is 12.2. The Morgan fingerprint density at radius 1 is 1.03 bits per heavy atom. The van der Waals surface area contributed by atoms with Crippen LogP contribution < -0.4 is 20.3 Å². The summed E-state index contributed by atoms with van der Waals surface area (Å²) in [7, 11) is 0. The number of hydrogen-bond acceptors (Lipinski definition) is 6. The van der Waals surface area contributed by atoms with E-state index in [1.807, 2.05) is 30.3 Å². The van der Waals surface area contributed by atoms with Gasteiger partial charge in [0.15, 0.2) is 6.17 Å². The molecule has 0 bridgehead atoms. The highest BCUT2D eigenvalue weighted by Crippen LogP contribution is 2.22. The van der Waals surface area contributed by atoms with Gasteiger partial charge in [0.2, 0.25) is 5.91 Å². The molecule has 1 heterocycles. The molecule has 0 fully saturated rings. The number of pyridine rings is 1. The molecule has 0 radical (unpaired) electrons. The zero-order valence-electron chi connectivity index (χ0n) is 20.8. The normalized spacial score (nSPS) is 11.3. The Kier molecular flexibility index (Phi) is 10.5. The molecule has 0 saturated carbocycles. The Morgan fingerprint density at radius 2 is 1.78 bits per heavy atom. The number of carboxylic acid groups (broad SMARTS) is 1. The van der Waals surface area contributed by atoms with Gasteiger partial charge in [-0.1, -0.05) is 37.3 Å². The third-order valence-electron chi connectivity index (χ3n) is 5.52. The summed E-state index contributed by atoms with van der Waals surface area (Å²) < 4.78 is 5.59. The molecule has 2 amide bonds. The van der Waals surface area contributed by atoms with Crippen LogP contribution in [0.5, 0.6) is 5.75 Å². The van der Waals surface area contributed by atoms with E-state index in [-0.39, 0.29) is 31.3 Å². The van der Waals surface area contributed by atoms with Crippen LogP contribution in [0.4, 0.5) is 11.4 Å². The Bertz CT molecular complexity index is 1140. The lowest BCUT2D eigenvalue weighted by Crippen LogP contribution is -2.54. The number of aromatic nitrogens is 1. The fourth-order valence-corrected chi connectivity index (χ4v) is 3.64. The molecule has 37 heavy (non-hydrogen) atoms. The maximum absolute atomic E-state index is 13.4. The van der Waals surface area contributed by atoms with Gasteiger partial charge in [0, 0.05) is 31.3 Å². The number of ether oxygens (including phenoxy) is 1. The van der Waals surface area contributed by atoms with E-state index in [2.05, 4.69) is 15.6 Å². The summed E-state index contributed by atoms with van der Waals surface area (Å²) in [5.41, 5.74) is 2.21. The van der Waals surface area contributed by atoms with E-state index >= 15 is 0 Å². The zero-order valence-corrected chi connectivity index (χ0v) is 20.8. The highest BCUT2D eigenvalue weighted by Gasteiger charge is 2.30. The number of nitrogens with one attached hydrogen (secondary N) is 2. The molecular formula is C28H32N4O5. The molecule has 3 aromatic rings. The number of rotatable bonds is 14. The van der Waals surface area contributed by atoms with Crippen molar-refractivity contribution < 1.29 is 24.2 Å². The number of carbonyl (C=O) groups is 3. The average molecular weight is 505 g/mol. The van der Waals surface area contributed by atoms with Crippen molar-refractivity contribution >= 4 is 29.2 Å². The Labute approximate surface area is 216 Å². The van der Waals surface area contributed by atoms with Gasteiger partial charge >= 0.3 is 5.97 Å².